The summed E-state index contributed by atoms with van der Waals surface area (Å²) in [5.74, 6) is 0.371. The summed E-state index contributed by atoms with van der Waals surface area (Å²) in [5, 5.41) is 12.6. The third-order valence-corrected chi connectivity index (χ3v) is 2.85. The number of aliphatic hydroxyl groups excluding tert-OH is 1. The first-order valence-electron chi connectivity index (χ1n) is 6.87. The van der Waals surface area contributed by atoms with E-state index >= 15 is 0 Å². The number of halogens is 3. The molecule has 0 aliphatic rings. The number of hydrogen-bond acceptors (Lipinski definition) is 3. The summed E-state index contributed by atoms with van der Waals surface area (Å²) >= 11 is 0. The molecule has 120 valence electrons. The van der Waals surface area contributed by atoms with Crippen LogP contribution in [-0.2, 0) is 10.9 Å². The van der Waals surface area contributed by atoms with E-state index in [0.29, 0.717) is 23.8 Å². The van der Waals surface area contributed by atoms with Crippen molar-refractivity contribution in [3.63, 3.8) is 0 Å². The lowest BCUT2D eigenvalue weighted by atomic mass is 10.1. The highest BCUT2D eigenvalue weighted by Gasteiger charge is 2.30. The Kier molecular flexibility index (Phi) is 6.48. The van der Waals surface area contributed by atoms with E-state index < -0.39 is 17.8 Å². The van der Waals surface area contributed by atoms with Crippen LogP contribution >= 0.6 is 0 Å². The van der Waals surface area contributed by atoms with Gasteiger partial charge in [-0.2, -0.15) is 13.2 Å². The van der Waals surface area contributed by atoms with Crippen LogP contribution in [0.25, 0.3) is 0 Å². The SMILES string of the molecule is Cc1ccc(C(F)(F)F)cc1NCC(O)COCC(C)C. The maximum Gasteiger partial charge on any atom is 0.416 e. The first-order valence-corrected chi connectivity index (χ1v) is 6.87. The number of nitrogens with one attached hydrogen (secondary N) is 1. The van der Waals surface area contributed by atoms with Gasteiger partial charge in [0.1, 0.15) is 0 Å². The summed E-state index contributed by atoms with van der Waals surface area (Å²) in [6, 6.07) is 3.51. The lowest BCUT2D eigenvalue weighted by Crippen LogP contribution is -2.26. The molecule has 0 saturated carbocycles. The number of benzene rings is 1. The third kappa shape index (κ3) is 6.35. The highest BCUT2D eigenvalue weighted by molar-refractivity contribution is 5.53. The second kappa shape index (κ2) is 7.66. The molecule has 0 aliphatic heterocycles. The highest BCUT2D eigenvalue weighted by Crippen LogP contribution is 2.31. The molecule has 0 aliphatic carbocycles. The number of rotatable bonds is 7. The lowest BCUT2D eigenvalue weighted by Gasteiger charge is -2.16. The van der Waals surface area contributed by atoms with Crippen LogP contribution < -0.4 is 5.32 Å². The smallest absolute Gasteiger partial charge is 0.389 e. The number of aryl methyl sites for hydroxylation is 1. The fraction of sp³-hybridized carbons (Fsp3) is 0.600. The number of hydrogen-bond donors (Lipinski definition) is 2. The minimum Gasteiger partial charge on any atom is -0.389 e. The van der Waals surface area contributed by atoms with E-state index in [4.69, 9.17) is 4.74 Å². The Labute approximate surface area is 123 Å². The average Bonchev–Trinajstić information content (AvgIpc) is 2.36. The molecule has 1 aromatic carbocycles. The summed E-state index contributed by atoms with van der Waals surface area (Å²) in [4.78, 5) is 0. The monoisotopic (exact) mass is 305 g/mol. The molecular formula is C15H22F3NO2. The molecule has 0 amide bonds. The van der Waals surface area contributed by atoms with Gasteiger partial charge in [-0.3, -0.25) is 0 Å². The molecule has 1 aromatic rings. The van der Waals surface area contributed by atoms with Crippen molar-refractivity contribution in [1.29, 1.82) is 0 Å². The zero-order valence-corrected chi connectivity index (χ0v) is 12.5. The standard InChI is InChI=1S/C15H22F3NO2/c1-10(2)8-21-9-13(20)7-19-14-6-12(15(16,17)18)5-4-11(14)3/h4-6,10,13,19-20H,7-9H2,1-3H3. The van der Waals surface area contributed by atoms with Gasteiger partial charge < -0.3 is 15.2 Å². The van der Waals surface area contributed by atoms with Gasteiger partial charge in [0, 0.05) is 18.8 Å². The molecule has 0 fully saturated rings. The summed E-state index contributed by atoms with van der Waals surface area (Å²) in [7, 11) is 0. The Bertz CT molecular complexity index is 447. The molecule has 1 rings (SSSR count). The summed E-state index contributed by atoms with van der Waals surface area (Å²) in [5.41, 5.74) is 0.354. The van der Waals surface area contributed by atoms with Crippen LogP contribution in [0.2, 0.25) is 0 Å². The summed E-state index contributed by atoms with van der Waals surface area (Å²) in [6.45, 7) is 6.54. The second-order valence-corrected chi connectivity index (χ2v) is 5.49. The molecule has 21 heavy (non-hydrogen) atoms. The summed E-state index contributed by atoms with van der Waals surface area (Å²) < 4.78 is 43.2. The largest absolute Gasteiger partial charge is 0.416 e. The Balaban J connectivity index is 2.54. The van der Waals surface area contributed by atoms with E-state index in [0.717, 1.165) is 12.1 Å². The normalized spacial score (nSPS) is 13.5. The van der Waals surface area contributed by atoms with Gasteiger partial charge in [0.2, 0.25) is 0 Å². The molecule has 0 spiro atoms. The maximum absolute atomic E-state index is 12.6. The molecule has 0 heterocycles. The van der Waals surface area contributed by atoms with Crippen LogP contribution in [0.3, 0.4) is 0 Å². The molecule has 0 radical (unpaired) electrons. The molecule has 0 saturated heterocycles. The second-order valence-electron chi connectivity index (χ2n) is 5.49. The molecular weight excluding hydrogens is 283 g/mol. The number of aliphatic hydroxyl groups is 1. The Hall–Kier alpha value is -1.27. The Morgan fingerprint density at radius 3 is 2.48 bits per heavy atom. The van der Waals surface area contributed by atoms with Crippen molar-refractivity contribution in [3.8, 4) is 0 Å². The minimum atomic E-state index is -4.37. The number of alkyl halides is 3. The van der Waals surface area contributed by atoms with E-state index in [2.05, 4.69) is 5.32 Å². The van der Waals surface area contributed by atoms with Crippen molar-refractivity contribution >= 4 is 5.69 Å². The van der Waals surface area contributed by atoms with Gasteiger partial charge in [-0.25, -0.2) is 0 Å². The van der Waals surface area contributed by atoms with Gasteiger partial charge >= 0.3 is 6.18 Å². The van der Waals surface area contributed by atoms with E-state index in [1.54, 1.807) is 6.92 Å². The van der Waals surface area contributed by atoms with Crippen LogP contribution in [0.1, 0.15) is 25.0 Å². The predicted molar refractivity (Wildman–Crippen MR) is 76.3 cm³/mol. The van der Waals surface area contributed by atoms with E-state index in [9.17, 15) is 18.3 Å². The lowest BCUT2D eigenvalue weighted by molar-refractivity contribution is -0.137. The molecule has 1 unspecified atom stereocenters. The van der Waals surface area contributed by atoms with Crippen molar-refractivity contribution in [2.45, 2.75) is 33.1 Å². The minimum absolute atomic E-state index is 0.139. The molecule has 0 aromatic heterocycles. The molecule has 0 bridgehead atoms. The molecule has 6 heteroatoms. The van der Waals surface area contributed by atoms with Crippen LogP contribution in [0.5, 0.6) is 0 Å². The van der Waals surface area contributed by atoms with Crippen molar-refractivity contribution in [3.05, 3.63) is 29.3 Å². The molecule has 1 atom stereocenters. The fourth-order valence-electron chi connectivity index (χ4n) is 1.72. The van der Waals surface area contributed by atoms with Crippen molar-refractivity contribution < 1.29 is 23.0 Å². The molecule has 2 N–H and O–H groups in total. The Morgan fingerprint density at radius 2 is 1.90 bits per heavy atom. The predicted octanol–water partition coefficient (Wildman–Crippen LogP) is 3.46. The fourth-order valence-corrected chi connectivity index (χ4v) is 1.72. The average molecular weight is 305 g/mol. The van der Waals surface area contributed by atoms with Crippen molar-refractivity contribution in [2.75, 3.05) is 25.1 Å². The first-order chi connectivity index (χ1) is 9.70. The maximum atomic E-state index is 12.6. The van der Waals surface area contributed by atoms with Crippen LogP contribution in [0.15, 0.2) is 18.2 Å². The quantitative estimate of drug-likeness (QED) is 0.810. The zero-order chi connectivity index (χ0) is 16.0. The number of ether oxygens (including phenoxy) is 1. The summed E-state index contributed by atoms with van der Waals surface area (Å²) in [6.07, 6.45) is -5.14. The van der Waals surface area contributed by atoms with Crippen LogP contribution in [0, 0.1) is 12.8 Å². The van der Waals surface area contributed by atoms with E-state index in [-0.39, 0.29) is 13.2 Å². The van der Waals surface area contributed by atoms with Crippen LogP contribution in [-0.4, -0.2) is 31.0 Å². The van der Waals surface area contributed by atoms with Gasteiger partial charge in [-0.15, -0.1) is 0 Å². The van der Waals surface area contributed by atoms with Crippen molar-refractivity contribution in [1.82, 2.24) is 0 Å². The van der Waals surface area contributed by atoms with Gasteiger partial charge in [0.25, 0.3) is 0 Å². The highest BCUT2D eigenvalue weighted by atomic mass is 19.4. The zero-order valence-electron chi connectivity index (χ0n) is 12.5. The van der Waals surface area contributed by atoms with Gasteiger partial charge in [-0.1, -0.05) is 19.9 Å². The first kappa shape index (κ1) is 17.8. The third-order valence-electron chi connectivity index (χ3n) is 2.85. The van der Waals surface area contributed by atoms with Crippen molar-refractivity contribution in [2.24, 2.45) is 5.92 Å². The van der Waals surface area contributed by atoms with E-state index in [1.165, 1.54) is 6.07 Å². The number of anilines is 1. The topological polar surface area (TPSA) is 41.5 Å². The molecule has 3 nitrogen and oxygen atoms in total. The van der Waals surface area contributed by atoms with Gasteiger partial charge in [-0.05, 0) is 30.5 Å². The Morgan fingerprint density at radius 1 is 1.24 bits per heavy atom. The van der Waals surface area contributed by atoms with Gasteiger partial charge in [0.15, 0.2) is 0 Å². The van der Waals surface area contributed by atoms with E-state index in [1.807, 2.05) is 13.8 Å². The van der Waals surface area contributed by atoms with Gasteiger partial charge in [0.05, 0.1) is 18.3 Å². The van der Waals surface area contributed by atoms with Crippen LogP contribution in [0.4, 0.5) is 18.9 Å².